The zero-order valence-corrected chi connectivity index (χ0v) is 26.3. The highest BCUT2D eigenvalue weighted by Crippen LogP contribution is 2.24. The predicted octanol–water partition coefficient (Wildman–Crippen LogP) is 10.9. The van der Waals surface area contributed by atoms with Gasteiger partial charge in [0.25, 0.3) is 5.69 Å². The lowest BCUT2D eigenvalue weighted by Crippen LogP contribution is -2.39. The van der Waals surface area contributed by atoms with E-state index in [1.807, 2.05) is 4.90 Å². The fourth-order valence-electron chi connectivity index (χ4n) is 5.79. The van der Waals surface area contributed by atoms with E-state index in [4.69, 9.17) is 4.74 Å². The van der Waals surface area contributed by atoms with Crippen LogP contribution >= 0.6 is 0 Å². The van der Waals surface area contributed by atoms with Gasteiger partial charge in [0.2, 0.25) is 0 Å². The maximum Gasteiger partial charge on any atom is 0.410 e. The van der Waals surface area contributed by atoms with Crippen LogP contribution < -0.4 is 0 Å². The first kappa shape index (κ1) is 35.9. The zero-order valence-electron chi connectivity index (χ0n) is 26.3. The molecule has 0 aliphatic carbocycles. The second-order valence-electron chi connectivity index (χ2n) is 11.8. The lowest BCUT2D eigenvalue weighted by Gasteiger charge is -2.30. The van der Waals surface area contributed by atoms with Crippen LogP contribution in [0.4, 0.5) is 10.5 Å². The molecule has 2 atom stereocenters. The van der Waals surface area contributed by atoms with Gasteiger partial charge in [-0.1, -0.05) is 130 Å². The van der Waals surface area contributed by atoms with Gasteiger partial charge in [0, 0.05) is 19.2 Å². The molecule has 6 heteroatoms. The number of nitro benzene ring substituents is 1. The van der Waals surface area contributed by atoms with Gasteiger partial charge in [0.1, 0.15) is 6.61 Å². The van der Waals surface area contributed by atoms with Crippen molar-refractivity contribution >= 4 is 11.8 Å². The Bertz CT molecular complexity index is 757. The molecule has 2 unspecified atom stereocenters. The molecule has 6 nitrogen and oxygen atoms in total. The van der Waals surface area contributed by atoms with Crippen LogP contribution in [-0.4, -0.2) is 29.0 Å². The molecule has 0 heterocycles. The van der Waals surface area contributed by atoms with Crippen molar-refractivity contribution < 1.29 is 14.5 Å². The first-order chi connectivity index (χ1) is 19.5. The van der Waals surface area contributed by atoms with E-state index in [0.717, 1.165) is 51.6 Å². The van der Waals surface area contributed by atoms with Crippen LogP contribution in [0.3, 0.4) is 0 Å². The van der Waals surface area contributed by atoms with E-state index in [-0.39, 0.29) is 18.4 Å². The van der Waals surface area contributed by atoms with Crippen molar-refractivity contribution in [2.24, 2.45) is 11.8 Å². The zero-order chi connectivity index (χ0) is 29.4. The molecule has 230 valence electrons. The molecule has 0 fully saturated rings. The van der Waals surface area contributed by atoms with Crippen LogP contribution in [0.25, 0.3) is 0 Å². The van der Waals surface area contributed by atoms with Gasteiger partial charge in [-0.15, -0.1) is 0 Å². The van der Waals surface area contributed by atoms with Gasteiger partial charge < -0.3 is 9.64 Å². The highest BCUT2D eigenvalue weighted by atomic mass is 16.6. The number of nitrogens with zero attached hydrogens (tertiary/aromatic N) is 2. The van der Waals surface area contributed by atoms with Gasteiger partial charge in [-0.2, -0.15) is 0 Å². The van der Waals surface area contributed by atoms with Crippen LogP contribution in [-0.2, 0) is 11.3 Å². The summed E-state index contributed by atoms with van der Waals surface area (Å²) in [6.07, 6.45) is 21.7. The molecule has 1 amide bonds. The number of hydrogen-bond donors (Lipinski definition) is 0. The number of amides is 1. The molecule has 0 radical (unpaired) electrons. The van der Waals surface area contributed by atoms with E-state index in [9.17, 15) is 14.9 Å². The van der Waals surface area contributed by atoms with E-state index in [2.05, 4.69) is 27.7 Å². The van der Waals surface area contributed by atoms with Gasteiger partial charge in [-0.25, -0.2) is 4.79 Å². The summed E-state index contributed by atoms with van der Waals surface area (Å²) in [6, 6.07) is 6.54. The van der Waals surface area contributed by atoms with Crippen molar-refractivity contribution in [2.75, 3.05) is 13.1 Å². The van der Waals surface area contributed by atoms with Crippen molar-refractivity contribution in [1.29, 1.82) is 0 Å². The number of unbranched alkanes of at least 4 members (excludes halogenated alkanes) is 10. The summed E-state index contributed by atoms with van der Waals surface area (Å²) in [5.74, 6) is 0.928. The lowest BCUT2D eigenvalue weighted by atomic mass is 9.93. The van der Waals surface area contributed by atoms with Crippen molar-refractivity contribution in [3.63, 3.8) is 0 Å². The molecule has 40 heavy (non-hydrogen) atoms. The van der Waals surface area contributed by atoms with Gasteiger partial charge in [0.15, 0.2) is 0 Å². The minimum absolute atomic E-state index is 0.000662. The van der Waals surface area contributed by atoms with Crippen LogP contribution in [0.2, 0.25) is 0 Å². The molecule has 0 saturated carbocycles. The minimum Gasteiger partial charge on any atom is -0.444 e. The summed E-state index contributed by atoms with van der Waals surface area (Å²) in [4.78, 5) is 26.5. The quantitative estimate of drug-likeness (QED) is 0.0677. The Morgan fingerprint density at radius 2 is 1.20 bits per heavy atom. The largest absolute Gasteiger partial charge is 0.444 e. The third kappa shape index (κ3) is 16.2. The van der Waals surface area contributed by atoms with Gasteiger partial charge >= 0.3 is 6.09 Å². The third-order valence-corrected chi connectivity index (χ3v) is 8.08. The standard InChI is InChI=1S/C34H60N2O4/c1-5-9-11-13-15-17-23-30(21-7-3)27-35(28-31(22-8-4)24-18-16-14-12-10-6-2)34(37)40-29-32-25-19-20-26-33(32)36(38)39/h19-20,25-26,30-31H,5-18,21-24,27-29H2,1-4H3. The molecule has 0 saturated heterocycles. The molecular weight excluding hydrogens is 500 g/mol. The second-order valence-corrected chi connectivity index (χ2v) is 11.8. The first-order valence-corrected chi connectivity index (χ1v) is 16.6. The topological polar surface area (TPSA) is 72.7 Å². The SMILES string of the molecule is CCCCCCCCC(CCC)CN(CC(CCC)CCCCCCCC)C(=O)OCc1ccccc1[N+](=O)[O-]. The highest BCUT2D eigenvalue weighted by Gasteiger charge is 2.24. The number of rotatable bonds is 25. The summed E-state index contributed by atoms with van der Waals surface area (Å²) >= 11 is 0. The summed E-state index contributed by atoms with van der Waals surface area (Å²) in [7, 11) is 0. The van der Waals surface area contributed by atoms with Crippen molar-refractivity contribution in [3.05, 3.63) is 39.9 Å². The predicted molar refractivity (Wildman–Crippen MR) is 168 cm³/mol. The Hall–Kier alpha value is -2.11. The van der Waals surface area contributed by atoms with Gasteiger partial charge in [0.05, 0.1) is 10.5 Å². The first-order valence-electron chi connectivity index (χ1n) is 16.6. The van der Waals surface area contributed by atoms with E-state index in [1.165, 1.54) is 83.1 Å². The molecule has 0 aliphatic heterocycles. The number of hydrogen-bond acceptors (Lipinski definition) is 4. The molecule has 1 aromatic rings. The number of benzene rings is 1. The van der Waals surface area contributed by atoms with E-state index in [0.29, 0.717) is 17.4 Å². The average molecular weight is 561 g/mol. The monoisotopic (exact) mass is 560 g/mol. The van der Waals surface area contributed by atoms with Crippen LogP contribution in [0, 0.1) is 22.0 Å². The maximum atomic E-state index is 13.5. The average Bonchev–Trinajstić information content (AvgIpc) is 2.95. The van der Waals surface area contributed by atoms with E-state index < -0.39 is 4.92 Å². The summed E-state index contributed by atoms with van der Waals surface area (Å²) < 4.78 is 5.76. The van der Waals surface area contributed by atoms with Crippen LogP contribution in [0.1, 0.15) is 149 Å². The molecule has 0 aliphatic rings. The molecular formula is C34H60N2O4. The number of nitro groups is 1. The van der Waals surface area contributed by atoms with Gasteiger partial charge in [-0.3, -0.25) is 10.1 Å². The van der Waals surface area contributed by atoms with E-state index >= 15 is 0 Å². The molecule has 0 aromatic heterocycles. The van der Waals surface area contributed by atoms with Crippen LogP contribution in [0.15, 0.2) is 24.3 Å². The fourth-order valence-corrected chi connectivity index (χ4v) is 5.79. The summed E-state index contributed by atoms with van der Waals surface area (Å²) in [5.41, 5.74) is 0.441. The van der Waals surface area contributed by atoms with Crippen molar-refractivity contribution in [2.45, 2.75) is 150 Å². The lowest BCUT2D eigenvalue weighted by molar-refractivity contribution is -0.385. The number of para-hydroxylation sites is 1. The minimum atomic E-state index is -0.406. The highest BCUT2D eigenvalue weighted by molar-refractivity contribution is 5.67. The smallest absolute Gasteiger partial charge is 0.410 e. The Labute approximate surface area is 245 Å². The normalized spacial score (nSPS) is 12.7. The Balaban J connectivity index is 2.89. The third-order valence-electron chi connectivity index (χ3n) is 8.08. The van der Waals surface area contributed by atoms with Crippen LogP contribution in [0.5, 0.6) is 0 Å². The fraction of sp³-hybridized carbons (Fsp3) is 0.794. The van der Waals surface area contributed by atoms with Gasteiger partial charge in [-0.05, 0) is 43.6 Å². The Morgan fingerprint density at radius 3 is 1.68 bits per heavy atom. The number of carbonyl (C=O) groups is 1. The van der Waals surface area contributed by atoms with Crippen molar-refractivity contribution in [1.82, 2.24) is 4.90 Å². The molecule has 0 N–H and O–H groups in total. The Kier molecular flexibility index (Phi) is 21.2. The second kappa shape index (κ2) is 23.6. The molecule has 1 aromatic carbocycles. The van der Waals surface area contributed by atoms with E-state index in [1.54, 1.807) is 18.2 Å². The number of carbonyl (C=O) groups excluding carboxylic acids is 1. The number of ether oxygens (including phenoxy) is 1. The molecule has 0 spiro atoms. The maximum absolute atomic E-state index is 13.5. The van der Waals surface area contributed by atoms with Crippen molar-refractivity contribution in [3.8, 4) is 0 Å². The summed E-state index contributed by atoms with van der Waals surface area (Å²) in [5, 5.41) is 11.5. The molecule has 0 bridgehead atoms. The Morgan fingerprint density at radius 1 is 0.725 bits per heavy atom. The molecule has 1 rings (SSSR count). The summed E-state index contributed by atoms with van der Waals surface area (Å²) in [6.45, 7) is 10.3.